The lowest BCUT2D eigenvalue weighted by atomic mass is 10.1. The molecule has 0 aliphatic rings. The summed E-state index contributed by atoms with van der Waals surface area (Å²) < 4.78 is 0. The van der Waals surface area contributed by atoms with E-state index in [2.05, 4.69) is 5.32 Å². The number of hydrogen-bond acceptors (Lipinski definition) is 5. The van der Waals surface area contributed by atoms with Crippen LogP contribution >= 0.6 is 0 Å². The Morgan fingerprint density at radius 1 is 1.05 bits per heavy atom. The summed E-state index contributed by atoms with van der Waals surface area (Å²) >= 11 is 0. The quantitative estimate of drug-likeness (QED) is 0.303. The molecule has 0 heterocycles. The Morgan fingerprint density at radius 2 is 1.67 bits per heavy atom. The first-order chi connectivity index (χ1) is 9.76. The Bertz CT molecular complexity index is 424. The average molecular weight is 303 g/mol. The van der Waals surface area contributed by atoms with E-state index in [0.29, 0.717) is 6.29 Å². The van der Waals surface area contributed by atoms with Crippen LogP contribution in [0.15, 0.2) is 0 Å². The number of primary amides is 1. The van der Waals surface area contributed by atoms with Gasteiger partial charge < -0.3 is 31.4 Å². The van der Waals surface area contributed by atoms with E-state index in [1.54, 1.807) is 0 Å². The van der Waals surface area contributed by atoms with Crippen LogP contribution in [0.25, 0.3) is 0 Å². The molecule has 10 nitrogen and oxygen atoms in total. The highest BCUT2D eigenvalue weighted by atomic mass is 16.4. The second-order valence-electron chi connectivity index (χ2n) is 4.19. The first-order valence-corrected chi connectivity index (χ1v) is 6.01. The average Bonchev–Trinajstić information content (AvgIpc) is 2.38. The number of amides is 3. The predicted molar refractivity (Wildman–Crippen MR) is 68.2 cm³/mol. The highest BCUT2D eigenvalue weighted by molar-refractivity contribution is 5.84. The number of hydrogen-bond donors (Lipinski definition) is 5. The summed E-state index contributed by atoms with van der Waals surface area (Å²) in [5.41, 5.74) is 4.90. The molecule has 0 spiro atoms. The summed E-state index contributed by atoms with van der Waals surface area (Å²) in [4.78, 5) is 54.0. The topological polar surface area (TPSA) is 176 Å². The molecule has 0 saturated heterocycles. The molecule has 0 aliphatic heterocycles. The molecule has 2 atom stereocenters. The van der Waals surface area contributed by atoms with Crippen LogP contribution < -0.4 is 16.4 Å². The number of rotatable bonds is 10. The molecule has 0 bridgehead atoms. The molecule has 0 aliphatic carbocycles. The van der Waals surface area contributed by atoms with E-state index < -0.39 is 42.4 Å². The van der Waals surface area contributed by atoms with Crippen molar-refractivity contribution in [2.75, 3.05) is 0 Å². The number of aliphatic carboxylic acids is 2. The zero-order valence-electron chi connectivity index (χ0n) is 11.1. The number of carbonyl (C=O) groups excluding carboxylic acids is 3. The molecular weight excluding hydrogens is 286 g/mol. The van der Waals surface area contributed by atoms with Gasteiger partial charge in [0.05, 0.1) is 6.04 Å². The van der Waals surface area contributed by atoms with Crippen LogP contribution in [-0.2, 0) is 19.2 Å². The van der Waals surface area contributed by atoms with Crippen molar-refractivity contribution in [3.05, 3.63) is 0 Å². The van der Waals surface area contributed by atoms with Crippen LogP contribution in [0.1, 0.15) is 25.7 Å². The second kappa shape index (κ2) is 9.28. The number of nitrogens with one attached hydrogen (secondary N) is 2. The summed E-state index contributed by atoms with van der Waals surface area (Å²) in [6.45, 7) is 0. The Balaban J connectivity index is 4.40. The van der Waals surface area contributed by atoms with E-state index >= 15 is 0 Å². The zero-order valence-corrected chi connectivity index (χ0v) is 11.1. The van der Waals surface area contributed by atoms with Gasteiger partial charge in [0, 0.05) is 12.8 Å². The van der Waals surface area contributed by atoms with Crippen molar-refractivity contribution in [2.45, 2.75) is 37.8 Å². The zero-order chi connectivity index (χ0) is 16.4. The van der Waals surface area contributed by atoms with Crippen molar-refractivity contribution in [1.82, 2.24) is 10.6 Å². The van der Waals surface area contributed by atoms with Crippen molar-refractivity contribution in [3.63, 3.8) is 0 Å². The number of nitrogens with two attached hydrogens (primary N) is 1. The van der Waals surface area contributed by atoms with E-state index in [1.165, 1.54) is 0 Å². The fourth-order valence-electron chi connectivity index (χ4n) is 1.37. The molecule has 10 heteroatoms. The Kier molecular flexibility index (Phi) is 8.11. The van der Waals surface area contributed by atoms with Crippen molar-refractivity contribution in [2.24, 2.45) is 5.73 Å². The van der Waals surface area contributed by atoms with Gasteiger partial charge in [0.2, 0.25) is 5.91 Å². The number of urea groups is 1. The van der Waals surface area contributed by atoms with E-state index in [4.69, 9.17) is 15.9 Å². The highest BCUT2D eigenvalue weighted by Crippen LogP contribution is 1.99. The van der Waals surface area contributed by atoms with Crippen LogP contribution in [0.3, 0.4) is 0 Å². The molecule has 3 amide bonds. The van der Waals surface area contributed by atoms with Crippen molar-refractivity contribution in [1.29, 1.82) is 0 Å². The second-order valence-corrected chi connectivity index (χ2v) is 4.19. The van der Waals surface area contributed by atoms with Crippen LogP contribution in [0.5, 0.6) is 0 Å². The molecule has 21 heavy (non-hydrogen) atoms. The monoisotopic (exact) mass is 303 g/mol. The van der Waals surface area contributed by atoms with Gasteiger partial charge >= 0.3 is 18.0 Å². The van der Waals surface area contributed by atoms with Gasteiger partial charge in [0.1, 0.15) is 12.3 Å². The molecule has 0 saturated carbocycles. The standard InChI is InChI=1S/C11H17N3O7/c12-8(16)3-1-6(5-15)13-11(21)14-7(10(19)20)2-4-9(17)18/h5-7H,1-4H2,(H2,12,16)(H,17,18)(H,19,20)(H2,13,14,21)/t6-,7-/m0/s1. The minimum absolute atomic E-state index is 0.0148. The summed E-state index contributed by atoms with van der Waals surface area (Å²) in [6, 6.07) is -3.34. The third kappa shape index (κ3) is 8.97. The third-order valence-electron chi connectivity index (χ3n) is 2.43. The van der Waals surface area contributed by atoms with Gasteiger partial charge in [-0.1, -0.05) is 0 Å². The molecule has 6 N–H and O–H groups in total. The SMILES string of the molecule is NC(=O)CC[C@@H](C=O)NC(=O)N[C@@H](CCC(=O)O)C(=O)O. The molecule has 0 aromatic carbocycles. The molecule has 0 radical (unpaired) electrons. The number of carboxylic acids is 2. The van der Waals surface area contributed by atoms with E-state index in [0.717, 1.165) is 0 Å². The molecule has 0 rings (SSSR count). The largest absolute Gasteiger partial charge is 0.481 e. The summed E-state index contributed by atoms with van der Waals surface area (Å²) in [5, 5.41) is 21.5. The lowest BCUT2D eigenvalue weighted by Crippen LogP contribution is -2.49. The number of carboxylic acid groups (broad SMARTS) is 2. The lowest BCUT2D eigenvalue weighted by molar-refractivity contribution is -0.140. The Morgan fingerprint density at radius 3 is 2.10 bits per heavy atom. The van der Waals surface area contributed by atoms with Gasteiger partial charge in [-0.15, -0.1) is 0 Å². The normalized spacial score (nSPS) is 12.8. The minimum Gasteiger partial charge on any atom is -0.481 e. The van der Waals surface area contributed by atoms with Gasteiger partial charge in [-0.25, -0.2) is 9.59 Å². The minimum atomic E-state index is -1.40. The van der Waals surface area contributed by atoms with Crippen LogP contribution in [0.2, 0.25) is 0 Å². The maximum atomic E-state index is 11.5. The van der Waals surface area contributed by atoms with E-state index in [-0.39, 0.29) is 19.3 Å². The molecule has 0 unspecified atom stereocenters. The Hall–Kier alpha value is -2.65. The van der Waals surface area contributed by atoms with Gasteiger partial charge in [0.15, 0.2) is 0 Å². The molecule has 0 fully saturated rings. The predicted octanol–water partition coefficient (Wildman–Crippen LogP) is -1.56. The summed E-state index contributed by atoms with van der Waals surface area (Å²) in [6.07, 6.45) is -0.485. The van der Waals surface area contributed by atoms with Gasteiger partial charge in [-0.2, -0.15) is 0 Å². The van der Waals surface area contributed by atoms with Crippen molar-refractivity contribution in [3.8, 4) is 0 Å². The first-order valence-electron chi connectivity index (χ1n) is 6.01. The van der Waals surface area contributed by atoms with Crippen molar-refractivity contribution >= 4 is 30.2 Å². The third-order valence-corrected chi connectivity index (χ3v) is 2.43. The fraction of sp³-hybridized carbons (Fsp3) is 0.545. The number of carbonyl (C=O) groups is 5. The molecule has 0 aromatic heterocycles. The molecule has 118 valence electrons. The van der Waals surface area contributed by atoms with Gasteiger partial charge in [0.25, 0.3) is 0 Å². The maximum Gasteiger partial charge on any atom is 0.326 e. The van der Waals surface area contributed by atoms with E-state index in [1.807, 2.05) is 5.32 Å². The van der Waals surface area contributed by atoms with Crippen LogP contribution in [-0.4, -0.2) is 52.5 Å². The Labute approximate surface area is 119 Å². The summed E-state index contributed by atoms with van der Waals surface area (Å²) in [7, 11) is 0. The molecular formula is C11H17N3O7. The maximum absolute atomic E-state index is 11.5. The summed E-state index contributed by atoms with van der Waals surface area (Å²) in [5.74, 6) is -3.24. The first kappa shape index (κ1) is 18.4. The smallest absolute Gasteiger partial charge is 0.326 e. The van der Waals surface area contributed by atoms with Crippen LogP contribution in [0.4, 0.5) is 4.79 Å². The number of aldehydes is 1. The fourth-order valence-corrected chi connectivity index (χ4v) is 1.37. The van der Waals surface area contributed by atoms with Gasteiger partial charge in [-0.05, 0) is 12.8 Å². The van der Waals surface area contributed by atoms with Gasteiger partial charge in [-0.3, -0.25) is 9.59 Å². The van der Waals surface area contributed by atoms with Crippen molar-refractivity contribution < 1.29 is 34.2 Å². The van der Waals surface area contributed by atoms with E-state index in [9.17, 15) is 24.0 Å². The van der Waals surface area contributed by atoms with Crippen LogP contribution in [0, 0.1) is 0 Å². The lowest BCUT2D eigenvalue weighted by Gasteiger charge is -2.17. The highest BCUT2D eigenvalue weighted by Gasteiger charge is 2.22. The molecule has 0 aromatic rings.